The summed E-state index contributed by atoms with van der Waals surface area (Å²) in [6, 6.07) is 0.941. The van der Waals surface area contributed by atoms with Crippen molar-refractivity contribution in [3.8, 4) is 0 Å². The quantitative estimate of drug-likeness (QED) is 0.738. The summed E-state index contributed by atoms with van der Waals surface area (Å²) in [4.78, 5) is 2.94. The van der Waals surface area contributed by atoms with E-state index in [1.165, 1.54) is 96.8 Å². The van der Waals surface area contributed by atoms with Crippen molar-refractivity contribution in [3.63, 3.8) is 0 Å². The number of hydrogen-bond acceptors (Lipinski definition) is 2. The standard InChI is InChI=1S/C19H36N2/c1-2-13-20-15-19(11-5-6-12-19)16-21-14-7-9-17-8-3-4-10-18(17)21/h17-18,20H,2-16H2,1H3/t17-,18-/m1/s1. The van der Waals surface area contributed by atoms with Crippen molar-refractivity contribution in [1.82, 2.24) is 10.2 Å². The molecule has 3 fully saturated rings. The van der Waals surface area contributed by atoms with E-state index in [0.717, 1.165) is 12.0 Å². The van der Waals surface area contributed by atoms with Gasteiger partial charge in [-0.1, -0.05) is 32.6 Å². The minimum atomic E-state index is 0.606. The second-order valence-electron chi connectivity index (χ2n) is 8.11. The van der Waals surface area contributed by atoms with Crippen LogP contribution in [0.15, 0.2) is 0 Å². The third-order valence-electron chi connectivity index (χ3n) is 6.49. The van der Waals surface area contributed by atoms with E-state index in [0.29, 0.717) is 5.41 Å². The smallest absolute Gasteiger partial charge is 0.0124 e. The third kappa shape index (κ3) is 3.82. The molecule has 0 radical (unpaired) electrons. The van der Waals surface area contributed by atoms with Gasteiger partial charge in [-0.2, -0.15) is 0 Å². The number of rotatable bonds is 6. The summed E-state index contributed by atoms with van der Waals surface area (Å²) in [7, 11) is 0. The summed E-state index contributed by atoms with van der Waals surface area (Å²) < 4.78 is 0. The first-order valence-corrected chi connectivity index (χ1v) is 9.78. The van der Waals surface area contributed by atoms with E-state index in [1.807, 2.05) is 0 Å². The van der Waals surface area contributed by atoms with Gasteiger partial charge in [0.05, 0.1) is 0 Å². The van der Waals surface area contributed by atoms with Crippen LogP contribution >= 0.6 is 0 Å². The van der Waals surface area contributed by atoms with Gasteiger partial charge in [0.15, 0.2) is 0 Å². The van der Waals surface area contributed by atoms with Crippen LogP contribution in [0, 0.1) is 11.3 Å². The number of piperidine rings is 1. The van der Waals surface area contributed by atoms with Crippen molar-refractivity contribution in [3.05, 3.63) is 0 Å². The van der Waals surface area contributed by atoms with Crippen molar-refractivity contribution in [2.24, 2.45) is 11.3 Å². The van der Waals surface area contributed by atoms with Crippen LogP contribution in [0.5, 0.6) is 0 Å². The Morgan fingerprint density at radius 3 is 2.57 bits per heavy atom. The Kier molecular flexibility index (Phi) is 5.61. The van der Waals surface area contributed by atoms with Gasteiger partial charge in [-0.3, -0.25) is 4.90 Å². The fraction of sp³-hybridized carbons (Fsp3) is 1.00. The van der Waals surface area contributed by atoms with E-state index in [2.05, 4.69) is 17.1 Å². The largest absolute Gasteiger partial charge is 0.316 e. The van der Waals surface area contributed by atoms with Gasteiger partial charge >= 0.3 is 0 Å². The van der Waals surface area contributed by atoms with Crippen molar-refractivity contribution in [2.75, 3.05) is 26.2 Å². The van der Waals surface area contributed by atoms with Gasteiger partial charge in [0.25, 0.3) is 0 Å². The molecule has 2 atom stereocenters. The van der Waals surface area contributed by atoms with E-state index in [4.69, 9.17) is 0 Å². The van der Waals surface area contributed by atoms with Gasteiger partial charge in [-0.25, -0.2) is 0 Å². The van der Waals surface area contributed by atoms with Gasteiger partial charge < -0.3 is 5.32 Å². The zero-order valence-corrected chi connectivity index (χ0v) is 14.2. The van der Waals surface area contributed by atoms with E-state index < -0.39 is 0 Å². The third-order valence-corrected chi connectivity index (χ3v) is 6.49. The molecule has 3 rings (SSSR count). The highest BCUT2D eigenvalue weighted by atomic mass is 15.2. The lowest BCUT2D eigenvalue weighted by Gasteiger charge is -2.47. The SMILES string of the molecule is CCCNCC1(CN2CCC[C@H]3CCCC[C@H]32)CCCC1. The number of nitrogens with zero attached hydrogens (tertiary/aromatic N) is 1. The molecule has 1 saturated heterocycles. The molecule has 1 aliphatic heterocycles. The molecule has 0 spiro atoms. The maximum Gasteiger partial charge on any atom is 0.0124 e. The average Bonchev–Trinajstić information content (AvgIpc) is 2.97. The maximum absolute atomic E-state index is 3.75. The molecule has 2 nitrogen and oxygen atoms in total. The number of likely N-dealkylation sites (tertiary alicyclic amines) is 1. The predicted octanol–water partition coefficient (Wildman–Crippen LogP) is 4.20. The number of fused-ring (bicyclic) bond motifs is 1. The van der Waals surface area contributed by atoms with Crippen molar-refractivity contribution < 1.29 is 0 Å². The number of nitrogens with one attached hydrogen (secondary N) is 1. The van der Waals surface area contributed by atoms with E-state index in [9.17, 15) is 0 Å². The second kappa shape index (κ2) is 7.46. The summed E-state index contributed by atoms with van der Waals surface area (Å²) in [6.07, 6.45) is 16.1. The molecule has 1 heterocycles. The minimum absolute atomic E-state index is 0.606. The van der Waals surface area contributed by atoms with Crippen LogP contribution in [0.1, 0.15) is 77.6 Å². The molecule has 1 N–H and O–H groups in total. The van der Waals surface area contributed by atoms with Crippen LogP contribution < -0.4 is 5.32 Å². The van der Waals surface area contributed by atoms with E-state index in [1.54, 1.807) is 0 Å². The molecular formula is C19H36N2. The Morgan fingerprint density at radius 1 is 1.00 bits per heavy atom. The molecular weight excluding hydrogens is 256 g/mol. The predicted molar refractivity (Wildman–Crippen MR) is 90.6 cm³/mol. The van der Waals surface area contributed by atoms with Crippen molar-refractivity contribution in [2.45, 2.75) is 83.6 Å². The highest BCUT2D eigenvalue weighted by Gasteiger charge is 2.40. The molecule has 3 aliphatic rings. The Bertz CT molecular complexity index is 307. The first kappa shape index (κ1) is 15.8. The zero-order chi connectivity index (χ0) is 14.5. The fourth-order valence-corrected chi connectivity index (χ4v) is 5.40. The fourth-order valence-electron chi connectivity index (χ4n) is 5.40. The molecule has 2 saturated carbocycles. The Morgan fingerprint density at radius 2 is 1.76 bits per heavy atom. The second-order valence-corrected chi connectivity index (χ2v) is 8.11. The summed E-state index contributed by atoms with van der Waals surface area (Å²) in [5, 5.41) is 3.75. The Hall–Kier alpha value is -0.0800. The lowest BCUT2D eigenvalue weighted by Crippen LogP contribution is -2.52. The van der Waals surface area contributed by atoms with Gasteiger partial charge in [-0.15, -0.1) is 0 Å². The highest BCUT2D eigenvalue weighted by molar-refractivity contribution is 4.94. The first-order valence-electron chi connectivity index (χ1n) is 9.78. The normalized spacial score (nSPS) is 33.0. The first-order chi connectivity index (χ1) is 10.3. The van der Waals surface area contributed by atoms with Gasteiger partial charge in [0, 0.05) is 19.1 Å². The van der Waals surface area contributed by atoms with Crippen LogP contribution in [0.2, 0.25) is 0 Å². The summed E-state index contributed by atoms with van der Waals surface area (Å²) in [6.45, 7) is 7.54. The molecule has 0 amide bonds. The van der Waals surface area contributed by atoms with Crippen LogP contribution in [-0.2, 0) is 0 Å². The molecule has 0 bridgehead atoms. The van der Waals surface area contributed by atoms with Gasteiger partial charge in [0.1, 0.15) is 0 Å². The lowest BCUT2D eigenvalue weighted by molar-refractivity contribution is 0.0244. The molecule has 0 aromatic heterocycles. The van der Waals surface area contributed by atoms with Crippen LogP contribution in [0.25, 0.3) is 0 Å². The lowest BCUT2D eigenvalue weighted by atomic mass is 9.76. The van der Waals surface area contributed by atoms with Crippen molar-refractivity contribution >= 4 is 0 Å². The topological polar surface area (TPSA) is 15.3 Å². The number of hydrogen-bond donors (Lipinski definition) is 1. The summed E-state index contributed by atoms with van der Waals surface area (Å²) in [5.41, 5.74) is 0.606. The molecule has 0 aromatic carbocycles. The monoisotopic (exact) mass is 292 g/mol. The molecule has 0 aromatic rings. The van der Waals surface area contributed by atoms with Crippen LogP contribution in [0.4, 0.5) is 0 Å². The van der Waals surface area contributed by atoms with E-state index in [-0.39, 0.29) is 0 Å². The molecule has 2 aliphatic carbocycles. The van der Waals surface area contributed by atoms with Gasteiger partial charge in [-0.05, 0) is 69.4 Å². The van der Waals surface area contributed by atoms with Crippen LogP contribution in [-0.4, -0.2) is 37.1 Å². The van der Waals surface area contributed by atoms with E-state index >= 15 is 0 Å². The van der Waals surface area contributed by atoms with Crippen LogP contribution in [0.3, 0.4) is 0 Å². The minimum Gasteiger partial charge on any atom is -0.316 e. The molecule has 0 unspecified atom stereocenters. The Labute approximate surface area is 132 Å². The summed E-state index contributed by atoms with van der Waals surface area (Å²) >= 11 is 0. The molecule has 122 valence electrons. The Balaban J connectivity index is 1.61. The summed E-state index contributed by atoms with van der Waals surface area (Å²) in [5.74, 6) is 1.04. The average molecular weight is 293 g/mol. The molecule has 2 heteroatoms. The van der Waals surface area contributed by atoms with Crippen molar-refractivity contribution in [1.29, 1.82) is 0 Å². The molecule has 21 heavy (non-hydrogen) atoms. The van der Waals surface area contributed by atoms with Gasteiger partial charge in [0.2, 0.25) is 0 Å². The maximum atomic E-state index is 3.75. The highest BCUT2D eigenvalue weighted by Crippen LogP contribution is 2.42. The zero-order valence-electron chi connectivity index (χ0n) is 14.2.